The quantitative estimate of drug-likeness (QED) is 0.239. The number of ether oxygens (including phenoxy) is 2. The smallest absolute Gasteiger partial charge is 0.183 e. The Balaban J connectivity index is 1.42. The summed E-state index contributed by atoms with van der Waals surface area (Å²) in [6, 6.07) is 15.1. The molecule has 1 aliphatic rings. The molecule has 1 heterocycles. The summed E-state index contributed by atoms with van der Waals surface area (Å²) in [6.07, 6.45) is 7.48. The van der Waals surface area contributed by atoms with Crippen molar-refractivity contribution >= 4 is 0 Å². The molecule has 0 aromatic heterocycles. The minimum Gasteiger partial charge on any atom is -0.348 e. The maximum Gasteiger partial charge on any atom is 0.183 e. The van der Waals surface area contributed by atoms with Gasteiger partial charge in [0.05, 0.1) is 13.2 Å². The molecule has 2 nitrogen and oxygen atoms in total. The van der Waals surface area contributed by atoms with E-state index in [1.165, 1.54) is 25.3 Å². The largest absolute Gasteiger partial charge is 0.348 e. The van der Waals surface area contributed by atoms with Crippen molar-refractivity contribution in [2.75, 3.05) is 13.2 Å². The summed E-state index contributed by atoms with van der Waals surface area (Å²) in [4.78, 5) is 0. The van der Waals surface area contributed by atoms with Crippen LogP contribution in [0, 0.1) is 23.4 Å². The maximum atomic E-state index is 15.1. The molecule has 0 aliphatic carbocycles. The molecule has 5 heteroatoms. The van der Waals surface area contributed by atoms with Gasteiger partial charge in [-0.15, -0.1) is 0 Å². The Morgan fingerprint density at radius 1 is 0.703 bits per heavy atom. The number of benzene rings is 3. The highest BCUT2D eigenvalue weighted by atomic mass is 19.2. The van der Waals surface area contributed by atoms with E-state index < -0.39 is 17.9 Å². The van der Waals surface area contributed by atoms with Crippen LogP contribution in [0.5, 0.6) is 0 Å². The van der Waals surface area contributed by atoms with Crippen LogP contribution >= 0.6 is 0 Å². The van der Waals surface area contributed by atoms with Gasteiger partial charge in [0.15, 0.2) is 17.9 Å². The van der Waals surface area contributed by atoms with Crippen LogP contribution in [0.25, 0.3) is 22.3 Å². The average molecular weight is 511 g/mol. The van der Waals surface area contributed by atoms with Gasteiger partial charge in [0.1, 0.15) is 5.82 Å². The van der Waals surface area contributed by atoms with Crippen molar-refractivity contribution in [1.82, 2.24) is 0 Å². The first-order valence-corrected chi connectivity index (χ1v) is 13.6. The number of hydrogen-bond donors (Lipinski definition) is 0. The number of unbranched alkanes of at least 4 members (excludes halogenated alkanes) is 4. The monoisotopic (exact) mass is 510 g/mol. The normalized spacial score (nSPS) is 17.8. The lowest BCUT2D eigenvalue weighted by atomic mass is 9.97. The number of halogens is 3. The Hall–Kier alpha value is -2.63. The first-order valence-electron chi connectivity index (χ1n) is 13.6. The van der Waals surface area contributed by atoms with E-state index in [4.69, 9.17) is 9.47 Å². The number of aryl methyl sites for hydroxylation is 1. The summed E-state index contributed by atoms with van der Waals surface area (Å²) in [5.74, 6) is -1.60. The molecule has 1 aliphatic heterocycles. The third-order valence-corrected chi connectivity index (χ3v) is 7.17. The molecule has 0 unspecified atom stereocenters. The molecule has 0 amide bonds. The highest BCUT2D eigenvalue weighted by molar-refractivity contribution is 5.71. The van der Waals surface area contributed by atoms with Crippen molar-refractivity contribution in [2.45, 2.75) is 71.5 Å². The van der Waals surface area contributed by atoms with E-state index in [2.05, 4.69) is 13.8 Å². The third kappa shape index (κ3) is 6.82. The Labute approximate surface area is 218 Å². The number of hydrogen-bond acceptors (Lipinski definition) is 2. The van der Waals surface area contributed by atoms with Crippen molar-refractivity contribution in [1.29, 1.82) is 0 Å². The molecule has 3 aromatic rings. The molecule has 1 fully saturated rings. The maximum absolute atomic E-state index is 15.1. The van der Waals surface area contributed by atoms with E-state index in [1.54, 1.807) is 42.5 Å². The molecular formula is C32H37F3O2. The fourth-order valence-corrected chi connectivity index (χ4v) is 4.90. The molecular weight excluding hydrogens is 473 g/mol. The van der Waals surface area contributed by atoms with Gasteiger partial charge < -0.3 is 9.47 Å². The Morgan fingerprint density at radius 3 is 1.97 bits per heavy atom. The molecule has 0 bridgehead atoms. The van der Waals surface area contributed by atoms with Crippen LogP contribution in [-0.4, -0.2) is 13.2 Å². The highest BCUT2D eigenvalue weighted by Crippen LogP contribution is 2.33. The molecule has 0 atom stereocenters. The predicted molar refractivity (Wildman–Crippen MR) is 143 cm³/mol. The second kappa shape index (κ2) is 13.3. The minimum absolute atomic E-state index is 0.207. The Morgan fingerprint density at radius 2 is 1.32 bits per heavy atom. The fraction of sp³-hybridized carbons (Fsp3) is 0.438. The third-order valence-electron chi connectivity index (χ3n) is 7.17. The van der Waals surface area contributed by atoms with E-state index in [0.717, 1.165) is 25.7 Å². The lowest BCUT2D eigenvalue weighted by Gasteiger charge is -2.29. The lowest BCUT2D eigenvalue weighted by Crippen LogP contribution is -2.27. The standard InChI is InChI=1S/C32H37F3O2/c1-3-5-7-9-22-20-36-32(37-21-22)26-16-17-27(29(33)19-26)23-11-13-24(14-12-23)28-18-15-25(10-8-6-4-2)30(34)31(28)35/h11-19,22,32H,3-10,20-21H2,1-2H3. The number of rotatable bonds is 11. The molecule has 4 rings (SSSR count). The van der Waals surface area contributed by atoms with E-state index >= 15 is 4.39 Å². The highest BCUT2D eigenvalue weighted by Gasteiger charge is 2.24. The summed E-state index contributed by atoms with van der Waals surface area (Å²) in [7, 11) is 0. The summed E-state index contributed by atoms with van der Waals surface area (Å²) in [5.41, 5.74) is 2.91. The SMILES string of the molecule is CCCCCc1ccc(-c2ccc(-c3ccc(C4OCC(CCCCC)CO4)cc3F)cc2)c(F)c1F. The Bertz CT molecular complexity index is 1150. The van der Waals surface area contributed by atoms with Crippen LogP contribution in [0.1, 0.15) is 76.2 Å². The van der Waals surface area contributed by atoms with Gasteiger partial charge in [-0.2, -0.15) is 0 Å². The minimum atomic E-state index is -0.836. The van der Waals surface area contributed by atoms with Crippen molar-refractivity contribution in [3.63, 3.8) is 0 Å². The average Bonchev–Trinajstić information content (AvgIpc) is 2.92. The van der Waals surface area contributed by atoms with Crippen molar-refractivity contribution < 1.29 is 22.6 Å². The zero-order valence-corrected chi connectivity index (χ0v) is 21.9. The van der Waals surface area contributed by atoms with Crippen LogP contribution < -0.4 is 0 Å². The van der Waals surface area contributed by atoms with Gasteiger partial charge in [-0.25, -0.2) is 13.2 Å². The molecule has 0 radical (unpaired) electrons. The first kappa shape index (κ1) is 27.4. The molecule has 3 aromatic carbocycles. The summed E-state index contributed by atoms with van der Waals surface area (Å²) in [5, 5.41) is 0. The molecule has 0 saturated carbocycles. The van der Waals surface area contributed by atoms with E-state index in [-0.39, 0.29) is 11.4 Å². The van der Waals surface area contributed by atoms with Crippen molar-refractivity contribution in [2.24, 2.45) is 5.92 Å². The lowest BCUT2D eigenvalue weighted by molar-refractivity contribution is -0.206. The van der Waals surface area contributed by atoms with Crippen LogP contribution in [0.4, 0.5) is 13.2 Å². The molecule has 1 saturated heterocycles. The molecule has 0 N–H and O–H groups in total. The predicted octanol–water partition coefficient (Wildman–Crippen LogP) is 9.41. The van der Waals surface area contributed by atoms with E-state index in [0.29, 0.717) is 53.4 Å². The second-order valence-electron chi connectivity index (χ2n) is 10.0. The zero-order chi connectivity index (χ0) is 26.2. The van der Waals surface area contributed by atoms with Gasteiger partial charge in [-0.05, 0) is 42.0 Å². The van der Waals surface area contributed by atoms with Crippen LogP contribution in [0.3, 0.4) is 0 Å². The van der Waals surface area contributed by atoms with Crippen molar-refractivity contribution in [3.05, 3.63) is 83.2 Å². The van der Waals surface area contributed by atoms with Gasteiger partial charge in [0, 0.05) is 22.6 Å². The topological polar surface area (TPSA) is 18.5 Å². The van der Waals surface area contributed by atoms with Gasteiger partial charge in [0.2, 0.25) is 0 Å². The van der Waals surface area contributed by atoms with Crippen LogP contribution in [-0.2, 0) is 15.9 Å². The fourth-order valence-electron chi connectivity index (χ4n) is 4.90. The summed E-state index contributed by atoms with van der Waals surface area (Å²) < 4.78 is 56.2. The van der Waals surface area contributed by atoms with Crippen molar-refractivity contribution in [3.8, 4) is 22.3 Å². The summed E-state index contributed by atoms with van der Waals surface area (Å²) in [6.45, 7) is 5.50. The van der Waals surface area contributed by atoms with E-state index in [1.807, 2.05) is 6.07 Å². The second-order valence-corrected chi connectivity index (χ2v) is 10.0. The zero-order valence-electron chi connectivity index (χ0n) is 21.9. The summed E-state index contributed by atoms with van der Waals surface area (Å²) >= 11 is 0. The van der Waals surface area contributed by atoms with Gasteiger partial charge in [-0.1, -0.05) is 94.5 Å². The van der Waals surface area contributed by atoms with Gasteiger partial charge in [-0.3, -0.25) is 0 Å². The Kier molecular flexibility index (Phi) is 9.81. The van der Waals surface area contributed by atoms with Gasteiger partial charge in [0.25, 0.3) is 0 Å². The van der Waals surface area contributed by atoms with Crippen LogP contribution in [0.15, 0.2) is 54.6 Å². The van der Waals surface area contributed by atoms with Gasteiger partial charge >= 0.3 is 0 Å². The molecule has 37 heavy (non-hydrogen) atoms. The molecule has 198 valence electrons. The van der Waals surface area contributed by atoms with Crippen LogP contribution in [0.2, 0.25) is 0 Å². The molecule has 0 spiro atoms. The first-order chi connectivity index (χ1) is 18.0. The van der Waals surface area contributed by atoms with E-state index in [9.17, 15) is 8.78 Å².